The summed E-state index contributed by atoms with van der Waals surface area (Å²) in [4.78, 5) is 27.2. The fourth-order valence-electron chi connectivity index (χ4n) is 3.72. The third kappa shape index (κ3) is 4.49. The summed E-state index contributed by atoms with van der Waals surface area (Å²) < 4.78 is 10.3. The molecule has 1 amide bonds. The fraction of sp³-hybridized carbons (Fsp3) is 0.360. The van der Waals surface area contributed by atoms with Crippen LogP contribution in [0.5, 0.6) is 5.75 Å². The van der Waals surface area contributed by atoms with Crippen LogP contribution in [-0.4, -0.2) is 49.1 Å². The molecule has 2 aromatic rings. The van der Waals surface area contributed by atoms with E-state index in [1.165, 1.54) is 4.90 Å². The Bertz CT molecular complexity index is 984. The lowest BCUT2D eigenvalue weighted by molar-refractivity contribution is -0.140. The molecule has 1 aliphatic rings. The van der Waals surface area contributed by atoms with Crippen LogP contribution in [0.25, 0.3) is 5.76 Å². The Balaban J connectivity index is 2.12. The molecule has 1 saturated heterocycles. The first-order valence-corrected chi connectivity index (χ1v) is 10.2. The summed E-state index contributed by atoms with van der Waals surface area (Å²) in [5, 5.41) is 11.0. The predicted molar refractivity (Wildman–Crippen MR) is 119 cm³/mol. The van der Waals surface area contributed by atoms with Crippen LogP contribution in [0, 0.1) is 0 Å². The van der Waals surface area contributed by atoms with Crippen molar-refractivity contribution >= 4 is 17.4 Å². The van der Waals surface area contributed by atoms with Gasteiger partial charge in [-0.1, -0.05) is 45.0 Å². The smallest absolute Gasteiger partial charge is 0.295 e. The number of nitrogens with zero attached hydrogens (tertiary/aromatic N) is 1. The van der Waals surface area contributed by atoms with Crippen molar-refractivity contribution in [3.8, 4) is 5.75 Å². The molecule has 1 heterocycles. The molecule has 1 aliphatic heterocycles. The molecule has 31 heavy (non-hydrogen) atoms. The normalized spacial score (nSPS) is 18.5. The molecule has 164 valence electrons. The molecule has 1 N–H and O–H groups in total. The van der Waals surface area contributed by atoms with Gasteiger partial charge in [-0.25, -0.2) is 0 Å². The van der Waals surface area contributed by atoms with Gasteiger partial charge in [-0.3, -0.25) is 9.59 Å². The number of hydrogen-bond donors (Lipinski definition) is 1. The Labute approximate surface area is 183 Å². The van der Waals surface area contributed by atoms with Gasteiger partial charge in [-0.05, 0) is 40.8 Å². The van der Waals surface area contributed by atoms with E-state index in [9.17, 15) is 14.7 Å². The summed E-state index contributed by atoms with van der Waals surface area (Å²) in [6.07, 6.45) is 0. The minimum absolute atomic E-state index is 0.0283. The van der Waals surface area contributed by atoms with E-state index in [-0.39, 0.29) is 29.9 Å². The molecule has 0 spiro atoms. The first-order chi connectivity index (χ1) is 14.7. The fourth-order valence-corrected chi connectivity index (χ4v) is 3.72. The zero-order chi connectivity index (χ0) is 22.8. The maximum Gasteiger partial charge on any atom is 0.295 e. The molecule has 6 nitrogen and oxygen atoms in total. The molecule has 6 heteroatoms. The lowest BCUT2D eigenvalue weighted by Crippen LogP contribution is -2.32. The number of likely N-dealkylation sites (tertiary alicyclic amines) is 1. The number of methoxy groups -OCH3 is 2. The topological polar surface area (TPSA) is 76.1 Å². The number of Topliss-reactive ketones (excluding diaryl/α,β-unsaturated/α-hetero) is 1. The van der Waals surface area contributed by atoms with Crippen molar-refractivity contribution in [1.82, 2.24) is 4.90 Å². The van der Waals surface area contributed by atoms with Gasteiger partial charge in [-0.2, -0.15) is 0 Å². The largest absolute Gasteiger partial charge is 0.507 e. The number of aliphatic hydroxyl groups is 1. The van der Waals surface area contributed by atoms with Crippen molar-refractivity contribution < 1.29 is 24.2 Å². The van der Waals surface area contributed by atoms with E-state index in [1.807, 2.05) is 24.3 Å². The molecule has 1 fully saturated rings. The molecule has 3 rings (SSSR count). The first kappa shape index (κ1) is 22.6. The highest BCUT2D eigenvalue weighted by Gasteiger charge is 2.45. The van der Waals surface area contributed by atoms with Crippen LogP contribution in [0.4, 0.5) is 0 Å². The van der Waals surface area contributed by atoms with Crippen LogP contribution >= 0.6 is 0 Å². The van der Waals surface area contributed by atoms with Crippen molar-refractivity contribution in [2.75, 3.05) is 27.4 Å². The second kappa shape index (κ2) is 8.94. The van der Waals surface area contributed by atoms with Gasteiger partial charge in [-0.15, -0.1) is 0 Å². The molecule has 0 bridgehead atoms. The molecule has 0 aromatic heterocycles. The highest BCUT2D eigenvalue weighted by atomic mass is 16.5. The van der Waals surface area contributed by atoms with Crippen LogP contribution in [0.2, 0.25) is 0 Å². The number of aliphatic hydroxyl groups excluding tert-OH is 1. The van der Waals surface area contributed by atoms with Gasteiger partial charge in [0.2, 0.25) is 0 Å². The Kier molecular flexibility index (Phi) is 6.51. The average Bonchev–Trinajstić information content (AvgIpc) is 3.01. The minimum Gasteiger partial charge on any atom is -0.507 e. The molecular formula is C25H29NO5. The van der Waals surface area contributed by atoms with Gasteiger partial charge in [0.25, 0.3) is 11.7 Å². The van der Waals surface area contributed by atoms with Crippen molar-refractivity contribution in [3.63, 3.8) is 0 Å². The molecule has 0 radical (unpaired) electrons. The third-order valence-electron chi connectivity index (χ3n) is 5.53. The number of rotatable bonds is 6. The summed E-state index contributed by atoms with van der Waals surface area (Å²) in [7, 11) is 3.10. The van der Waals surface area contributed by atoms with Gasteiger partial charge >= 0.3 is 0 Å². The second-order valence-corrected chi connectivity index (χ2v) is 8.59. The summed E-state index contributed by atoms with van der Waals surface area (Å²) in [6.45, 7) is 6.89. The zero-order valence-electron chi connectivity index (χ0n) is 18.6. The van der Waals surface area contributed by atoms with E-state index >= 15 is 0 Å². The van der Waals surface area contributed by atoms with Crippen LogP contribution in [0.3, 0.4) is 0 Å². The quantitative estimate of drug-likeness (QED) is 0.431. The number of ketones is 1. The molecule has 1 atom stereocenters. The van der Waals surface area contributed by atoms with Gasteiger partial charge in [0, 0.05) is 19.2 Å². The van der Waals surface area contributed by atoms with Crippen LogP contribution in [-0.2, 0) is 19.7 Å². The number of ether oxygens (including phenoxy) is 2. The van der Waals surface area contributed by atoms with Crippen molar-refractivity contribution in [2.24, 2.45) is 0 Å². The second-order valence-electron chi connectivity index (χ2n) is 8.59. The number of benzene rings is 2. The highest BCUT2D eigenvalue weighted by molar-refractivity contribution is 6.46. The Hall–Kier alpha value is -3.12. The monoisotopic (exact) mass is 423 g/mol. The van der Waals surface area contributed by atoms with E-state index in [0.717, 1.165) is 11.1 Å². The minimum atomic E-state index is -0.700. The van der Waals surface area contributed by atoms with Gasteiger partial charge in [0.1, 0.15) is 11.5 Å². The number of hydrogen-bond acceptors (Lipinski definition) is 5. The molecule has 0 aliphatic carbocycles. The standard InChI is InChI=1S/C25H29NO5/c1-25(2,3)18-10-6-16(7-11-18)21-20(23(28)24(29)26(21)14-15-30-4)22(27)17-8-12-19(31-5)13-9-17/h6-13,21,27H,14-15H2,1-5H3/b22-20+/t21-/m0/s1. The summed E-state index contributed by atoms with van der Waals surface area (Å²) in [5.74, 6) is -0.913. The SMILES string of the molecule is COCCN1C(=O)C(=O)/C(=C(/O)c2ccc(OC)cc2)[C@@H]1c1ccc(C(C)(C)C)cc1. The number of carbonyl (C=O) groups excluding carboxylic acids is 2. The maximum atomic E-state index is 13.0. The van der Waals surface area contributed by atoms with Crippen molar-refractivity contribution in [1.29, 1.82) is 0 Å². The summed E-state index contributed by atoms with van der Waals surface area (Å²) in [6, 6.07) is 13.9. The third-order valence-corrected chi connectivity index (χ3v) is 5.53. The maximum absolute atomic E-state index is 13.0. The van der Waals surface area contributed by atoms with E-state index < -0.39 is 17.7 Å². The van der Waals surface area contributed by atoms with E-state index in [2.05, 4.69) is 20.8 Å². The van der Waals surface area contributed by atoms with E-state index in [4.69, 9.17) is 9.47 Å². The molecule has 2 aromatic carbocycles. The number of amides is 1. The average molecular weight is 424 g/mol. The lowest BCUT2D eigenvalue weighted by atomic mass is 9.85. The van der Waals surface area contributed by atoms with Crippen LogP contribution in [0.1, 0.15) is 43.5 Å². The molecule has 0 saturated carbocycles. The Morgan fingerprint density at radius 1 is 1.00 bits per heavy atom. The molecular weight excluding hydrogens is 394 g/mol. The van der Waals surface area contributed by atoms with Crippen molar-refractivity contribution in [3.05, 3.63) is 70.8 Å². The first-order valence-electron chi connectivity index (χ1n) is 10.2. The lowest BCUT2D eigenvalue weighted by Gasteiger charge is -2.26. The van der Waals surface area contributed by atoms with Crippen molar-refractivity contribution in [2.45, 2.75) is 32.2 Å². The zero-order valence-corrected chi connectivity index (χ0v) is 18.6. The van der Waals surface area contributed by atoms with Crippen LogP contribution < -0.4 is 4.74 Å². The highest BCUT2D eigenvalue weighted by Crippen LogP contribution is 2.40. The van der Waals surface area contributed by atoms with E-state index in [1.54, 1.807) is 38.5 Å². The van der Waals surface area contributed by atoms with E-state index in [0.29, 0.717) is 11.3 Å². The number of carbonyl (C=O) groups is 2. The van der Waals surface area contributed by atoms with Crippen LogP contribution in [0.15, 0.2) is 54.1 Å². The van der Waals surface area contributed by atoms with Gasteiger partial charge in [0.15, 0.2) is 0 Å². The predicted octanol–water partition coefficient (Wildman–Crippen LogP) is 4.06. The molecule has 0 unspecified atom stereocenters. The van der Waals surface area contributed by atoms with Gasteiger partial charge in [0.05, 0.1) is 25.3 Å². The Morgan fingerprint density at radius 3 is 2.13 bits per heavy atom. The summed E-state index contributed by atoms with van der Waals surface area (Å²) in [5.41, 5.74) is 2.40. The Morgan fingerprint density at radius 2 is 1.61 bits per heavy atom. The van der Waals surface area contributed by atoms with Gasteiger partial charge < -0.3 is 19.5 Å². The summed E-state index contributed by atoms with van der Waals surface area (Å²) >= 11 is 0.